The van der Waals surface area contributed by atoms with Crippen molar-refractivity contribution in [1.29, 1.82) is 0 Å². The summed E-state index contributed by atoms with van der Waals surface area (Å²) in [6, 6.07) is 0. The Bertz CT molecular complexity index is 412. The minimum atomic E-state index is -0.797. The Morgan fingerprint density at radius 1 is 1.32 bits per heavy atom. The molecule has 0 aromatic heterocycles. The average Bonchev–Trinajstić information content (AvgIpc) is 2.86. The molecule has 2 rings (SSSR count). The Hall–Kier alpha value is 0.424. The zero-order chi connectivity index (χ0) is 17.4. The van der Waals surface area contributed by atoms with Crippen LogP contribution < -0.4 is 0 Å². The van der Waals surface area contributed by atoms with Crippen molar-refractivity contribution < 1.29 is 65.1 Å². The molecule has 25 heavy (non-hydrogen) atoms. The zero-order valence-electron chi connectivity index (χ0n) is 15.2. The van der Waals surface area contributed by atoms with Gasteiger partial charge in [-0.1, -0.05) is 25.5 Å². The standard InChI is InChI=1S/C19H31FO4.Pr/c1-2-14-15(9-5-3-4-6-10-18(21)22)17(13-16(14)20)24-19-11-7-8-12-23-19;/h3,5,14-17,19H,2,4,6-13H2,1H3,(H,21,22);/b5-3-;/t14-,15-,16+,17+,19?;/m1./s1. The van der Waals surface area contributed by atoms with Crippen molar-refractivity contribution in [3.63, 3.8) is 0 Å². The van der Waals surface area contributed by atoms with Gasteiger partial charge in [-0.25, -0.2) is 4.39 Å². The predicted octanol–water partition coefficient (Wildman–Crippen LogP) is 4.48. The third-order valence-electron chi connectivity index (χ3n) is 5.22. The molecule has 6 heteroatoms. The van der Waals surface area contributed by atoms with E-state index in [1.807, 2.05) is 13.0 Å². The van der Waals surface area contributed by atoms with Crippen LogP contribution in [-0.2, 0) is 14.3 Å². The van der Waals surface area contributed by atoms with Crippen molar-refractivity contribution in [2.45, 2.75) is 83.3 Å². The van der Waals surface area contributed by atoms with Crippen LogP contribution in [0.15, 0.2) is 12.2 Å². The third-order valence-corrected chi connectivity index (χ3v) is 5.22. The number of alkyl halides is 1. The Morgan fingerprint density at radius 3 is 2.76 bits per heavy atom. The molecule has 1 saturated heterocycles. The van der Waals surface area contributed by atoms with E-state index >= 15 is 0 Å². The van der Waals surface area contributed by atoms with Crippen LogP contribution in [0, 0.1) is 53.1 Å². The number of hydrogen-bond donors (Lipinski definition) is 1. The van der Waals surface area contributed by atoms with E-state index < -0.39 is 12.1 Å². The molecule has 1 unspecified atom stereocenters. The Labute approximate surface area is 183 Å². The number of rotatable bonds is 9. The molecule has 1 heterocycles. The average molecular weight is 483 g/mol. The minimum Gasteiger partial charge on any atom is -0.481 e. The van der Waals surface area contributed by atoms with Gasteiger partial charge in [0, 0.05) is 60.7 Å². The molecule has 141 valence electrons. The first kappa shape index (κ1) is 23.5. The molecule has 0 spiro atoms. The third kappa shape index (κ3) is 7.90. The van der Waals surface area contributed by atoms with E-state index in [4.69, 9.17) is 14.6 Å². The van der Waals surface area contributed by atoms with Crippen LogP contribution in [-0.4, -0.2) is 36.2 Å². The smallest absolute Gasteiger partial charge is 0.303 e. The maximum atomic E-state index is 14.4. The van der Waals surface area contributed by atoms with Gasteiger partial charge in [0.25, 0.3) is 0 Å². The topological polar surface area (TPSA) is 55.8 Å². The fraction of sp³-hybridized carbons (Fsp3) is 0.842. The molecule has 0 amide bonds. The van der Waals surface area contributed by atoms with Crippen molar-refractivity contribution >= 4 is 5.97 Å². The van der Waals surface area contributed by atoms with Crippen LogP contribution in [0.5, 0.6) is 0 Å². The van der Waals surface area contributed by atoms with E-state index in [2.05, 4.69) is 6.08 Å². The molecular weight excluding hydrogens is 452 g/mol. The van der Waals surface area contributed by atoms with Crippen molar-refractivity contribution in [1.82, 2.24) is 0 Å². The van der Waals surface area contributed by atoms with Crippen LogP contribution >= 0.6 is 0 Å². The summed E-state index contributed by atoms with van der Waals surface area (Å²) in [5.41, 5.74) is 0. The van der Waals surface area contributed by atoms with Crippen molar-refractivity contribution in [3.8, 4) is 0 Å². The van der Waals surface area contributed by atoms with Crippen molar-refractivity contribution in [2.24, 2.45) is 11.8 Å². The summed E-state index contributed by atoms with van der Waals surface area (Å²) in [4.78, 5) is 10.5. The van der Waals surface area contributed by atoms with Crippen LogP contribution in [0.1, 0.15) is 64.7 Å². The maximum absolute atomic E-state index is 14.4. The van der Waals surface area contributed by atoms with E-state index in [0.29, 0.717) is 12.8 Å². The number of aliphatic carboxylic acids is 1. The van der Waals surface area contributed by atoms with Gasteiger partial charge >= 0.3 is 5.97 Å². The summed E-state index contributed by atoms with van der Waals surface area (Å²) in [5.74, 6) is -0.528. The van der Waals surface area contributed by atoms with Gasteiger partial charge in [-0.15, -0.1) is 0 Å². The Balaban J connectivity index is 0.00000312. The van der Waals surface area contributed by atoms with E-state index in [0.717, 1.165) is 45.1 Å². The minimum absolute atomic E-state index is 0. The molecule has 1 saturated carbocycles. The number of carboxylic acids is 1. The number of unbranched alkanes of at least 4 members (excludes halogenated alkanes) is 1. The Morgan fingerprint density at radius 2 is 2.12 bits per heavy atom. The van der Waals surface area contributed by atoms with Crippen molar-refractivity contribution in [2.75, 3.05) is 6.61 Å². The van der Waals surface area contributed by atoms with Crippen molar-refractivity contribution in [3.05, 3.63) is 12.2 Å². The molecule has 0 aromatic rings. The van der Waals surface area contributed by atoms with Gasteiger partial charge in [0.1, 0.15) is 6.17 Å². The molecule has 2 aliphatic rings. The molecule has 1 aliphatic carbocycles. The first-order chi connectivity index (χ1) is 11.6. The van der Waals surface area contributed by atoms with E-state index in [1.165, 1.54) is 0 Å². The first-order valence-corrected chi connectivity index (χ1v) is 9.39. The monoisotopic (exact) mass is 483 g/mol. The number of carboxylic acid groups (broad SMARTS) is 1. The fourth-order valence-corrected chi connectivity index (χ4v) is 3.91. The second kappa shape index (κ2) is 12.7. The van der Waals surface area contributed by atoms with Gasteiger partial charge in [0.05, 0.1) is 6.10 Å². The molecule has 4 nitrogen and oxygen atoms in total. The SMILES string of the molecule is CC[C@@H]1[C@@H](C/C=C\CCCC(=O)O)[C@@H](OC2CCCCO2)C[C@@H]1F.[Pr]. The molecule has 5 atom stereocenters. The Kier molecular flexibility index (Phi) is 12.0. The summed E-state index contributed by atoms with van der Waals surface area (Å²) < 4.78 is 26.1. The molecule has 1 N–H and O–H groups in total. The van der Waals surface area contributed by atoms with Gasteiger partial charge in [-0.05, 0) is 50.4 Å². The quantitative estimate of drug-likeness (QED) is 0.388. The summed E-state index contributed by atoms with van der Waals surface area (Å²) in [5, 5.41) is 8.63. The molecule has 0 aromatic carbocycles. The molecule has 0 bridgehead atoms. The van der Waals surface area contributed by atoms with Gasteiger partial charge in [-0.2, -0.15) is 0 Å². The second-order valence-electron chi connectivity index (χ2n) is 6.95. The molecule has 1 radical (unpaired) electrons. The zero-order valence-corrected chi connectivity index (χ0v) is 18.9. The van der Waals surface area contributed by atoms with Crippen LogP contribution in [0.25, 0.3) is 0 Å². The largest absolute Gasteiger partial charge is 0.481 e. The van der Waals surface area contributed by atoms with Gasteiger partial charge in [0.15, 0.2) is 6.29 Å². The molecular formula is C19H31FO4Pr. The van der Waals surface area contributed by atoms with E-state index in [9.17, 15) is 9.18 Å². The number of halogens is 1. The van der Waals surface area contributed by atoms with Crippen LogP contribution in [0.3, 0.4) is 0 Å². The van der Waals surface area contributed by atoms with Crippen LogP contribution in [0.4, 0.5) is 4.39 Å². The van der Waals surface area contributed by atoms with E-state index in [-0.39, 0.29) is 71.9 Å². The van der Waals surface area contributed by atoms with Gasteiger partial charge in [-0.3, -0.25) is 4.79 Å². The summed E-state index contributed by atoms with van der Waals surface area (Å²) >= 11 is 0. The number of carbonyl (C=O) groups is 1. The first-order valence-electron chi connectivity index (χ1n) is 9.39. The van der Waals surface area contributed by atoms with Gasteiger partial charge < -0.3 is 14.6 Å². The summed E-state index contributed by atoms with van der Waals surface area (Å²) in [6.45, 7) is 2.78. The van der Waals surface area contributed by atoms with Gasteiger partial charge in [0.2, 0.25) is 0 Å². The summed E-state index contributed by atoms with van der Waals surface area (Å²) in [7, 11) is 0. The normalized spacial score (nSPS) is 32.6. The molecule has 2 fully saturated rings. The van der Waals surface area contributed by atoms with E-state index in [1.54, 1.807) is 0 Å². The number of ether oxygens (including phenoxy) is 2. The fourth-order valence-electron chi connectivity index (χ4n) is 3.91. The second-order valence-corrected chi connectivity index (χ2v) is 6.95. The molecule has 1 aliphatic heterocycles. The maximum Gasteiger partial charge on any atom is 0.303 e. The number of hydrogen-bond acceptors (Lipinski definition) is 3. The number of allylic oxidation sites excluding steroid dienone is 2. The predicted molar refractivity (Wildman–Crippen MR) is 90.5 cm³/mol. The van der Waals surface area contributed by atoms with Crippen LogP contribution in [0.2, 0.25) is 0 Å². The summed E-state index contributed by atoms with van der Waals surface area (Å²) in [6.07, 6.45) is 9.84.